The van der Waals surface area contributed by atoms with E-state index in [2.05, 4.69) is 10.6 Å². The first-order valence-corrected chi connectivity index (χ1v) is 22.6. The molecule has 4 aromatic carbocycles. The minimum Gasteiger partial charge on any atom is -0.497 e. The fourth-order valence-corrected chi connectivity index (χ4v) is 10.0. The van der Waals surface area contributed by atoms with E-state index in [4.69, 9.17) is 28.4 Å². The molecule has 2 amide bonds. The quantitative estimate of drug-likeness (QED) is 0.0922. The smallest absolute Gasteiger partial charge is 0.288 e. The first kappa shape index (κ1) is 43.2. The number of anilines is 2. The Bertz CT molecular complexity index is 2560. The Balaban J connectivity index is 0.978. The van der Waals surface area contributed by atoms with Gasteiger partial charge in [-0.05, 0) is 71.5 Å². The van der Waals surface area contributed by atoms with Gasteiger partial charge in [0.15, 0.2) is 33.7 Å². The van der Waals surface area contributed by atoms with Gasteiger partial charge in [0.25, 0.3) is 32.1 Å². The van der Waals surface area contributed by atoms with E-state index in [9.17, 15) is 35.5 Å². The maximum absolute atomic E-state index is 14.0. The zero-order valence-corrected chi connectivity index (χ0v) is 36.1. The standard InChI is InChI=1S/C43H44N4O14S2/c1-56-28-10-6-24(7-11-28)26-16-34-40(62(50,51)52)44-32-20-38(36(58-3)18-30(32)42(48)46(34)22-26)60-14-5-15-61-39-21-33-31(19-37(39)59-4)43(49)47-23-27(25-8-12-29(57-2)13-9-25)17-35(47)41(45-33)63(53,54)55/h6-13,18-23,34-35,40-41,44-45H,5,14-17H2,1-4H3,(H,50,51,52)(H,53,54,55)/t34?,35?,40-,41?/m1/s1. The van der Waals surface area contributed by atoms with Crippen molar-refractivity contribution in [2.45, 2.75) is 42.1 Å². The van der Waals surface area contributed by atoms with Crippen molar-refractivity contribution < 1.29 is 64.0 Å². The van der Waals surface area contributed by atoms with Crippen LogP contribution in [0.25, 0.3) is 11.1 Å². The first-order valence-electron chi connectivity index (χ1n) is 19.6. The van der Waals surface area contributed by atoms with Crippen molar-refractivity contribution in [1.82, 2.24) is 9.80 Å². The van der Waals surface area contributed by atoms with Crippen LogP contribution in [-0.4, -0.2) is 112 Å². The molecule has 0 radical (unpaired) electrons. The van der Waals surface area contributed by atoms with Crippen LogP contribution in [0.5, 0.6) is 34.5 Å². The Morgan fingerprint density at radius 2 is 0.952 bits per heavy atom. The normalized spacial score (nSPS) is 20.3. The number of carbonyl (C=O) groups is 2. The highest BCUT2D eigenvalue weighted by atomic mass is 32.2. The van der Waals surface area contributed by atoms with Crippen LogP contribution in [0.2, 0.25) is 0 Å². The molecule has 0 aromatic heterocycles. The second kappa shape index (κ2) is 17.0. The fourth-order valence-electron chi connectivity index (χ4n) is 8.20. The number of methoxy groups -OCH3 is 4. The van der Waals surface area contributed by atoms with Gasteiger partial charge >= 0.3 is 0 Å². The summed E-state index contributed by atoms with van der Waals surface area (Å²) in [5.74, 6) is 0.959. The highest BCUT2D eigenvalue weighted by molar-refractivity contribution is 7.86. The van der Waals surface area contributed by atoms with Crippen molar-refractivity contribution in [2.75, 3.05) is 52.3 Å². The average Bonchev–Trinajstić information content (AvgIpc) is 3.86. The van der Waals surface area contributed by atoms with Gasteiger partial charge in [-0.25, -0.2) is 0 Å². The number of amides is 2. The summed E-state index contributed by atoms with van der Waals surface area (Å²) in [7, 11) is -3.62. The summed E-state index contributed by atoms with van der Waals surface area (Å²) < 4.78 is 106. The number of ether oxygens (including phenoxy) is 6. The minimum atomic E-state index is -4.74. The van der Waals surface area contributed by atoms with E-state index in [-0.39, 0.29) is 78.0 Å². The lowest BCUT2D eigenvalue weighted by Gasteiger charge is -2.26. The van der Waals surface area contributed by atoms with Crippen molar-refractivity contribution in [3.05, 3.63) is 107 Å². The molecule has 4 heterocycles. The van der Waals surface area contributed by atoms with Crippen LogP contribution in [0.4, 0.5) is 11.4 Å². The van der Waals surface area contributed by atoms with Crippen molar-refractivity contribution in [3.63, 3.8) is 0 Å². The molecule has 63 heavy (non-hydrogen) atoms. The molecule has 4 aliphatic heterocycles. The van der Waals surface area contributed by atoms with E-state index in [0.29, 0.717) is 22.6 Å². The number of rotatable bonds is 14. The molecule has 4 N–H and O–H groups in total. The van der Waals surface area contributed by atoms with E-state index in [0.717, 1.165) is 11.1 Å². The SMILES string of the molecule is COc1ccc(C2=CN3C(=O)c4cc(OC)c(OCCCOc5cc6c(cc5OC)C(=O)N5C=C(c7ccc(OC)cc7)CC5[C@@H](S(=O)(=O)O)N6)cc4NC(S(=O)(=O)O)C3C2)cc1. The van der Waals surface area contributed by atoms with E-state index < -0.39 is 54.9 Å². The van der Waals surface area contributed by atoms with Crippen LogP contribution in [-0.2, 0) is 20.2 Å². The molecule has 0 aliphatic carbocycles. The molecule has 4 aromatic rings. The summed E-state index contributed by atoms with van der Waals surface area (Å²) in [6.45, 7) is 0.0870. The predicted octanol–water partition coefficient (Wildman–Crippen LogP) is 5.36. The van der Waals surface area contributed by atoms with Gasteiger partial charge in [-0.2, -0.15) is 16.8 Å². The lowest BCUT2D eigenvalue weighted by molar-refractivity contribution is 0.0782. The molecule has 18 nitrogen and oxygen atoms in total. The van der Waals surface area contributed by atoms with Crippen LogP contribution in [0.15, 0.2) is 85.2 Å². The third kappa shape index (κ3) is 8.41. The lowest BCUT2D eigenvalue weighted by Crippen LogP contribution is -2.46. The van der Waals surface area contributed by atoms with Crippen molar-refractivity contribution in [3.8, 4) is 34.5 Å². The number of benzene rings is 4. The number of nitrogens with zero attached hydrogens (tertiary/aromatic N) is 2. The number of fused-ring (bicyclic) bond motifs is 4. The van der Waals surface area contributed by atoms with Gasteiger partial charge in [0.1, 0.15) is 11.5 Å². The van der Waals surface area contributed by atoms with Crippen molar-refractivity contribution in [2.24, 2.45) is 0 Å². The summed E-state index contributed by atoms with van der Waals surface area (Å²) >= 11 is 0. The summed E-state index contributed by atoms with van der Waals surface area (Å²) in [4.78, 5) is 30.6. The summed E-state index contributed by atoms with van der Waals surface area (Å²) in [5, 5.41) is 2.58. The molecule has 0 saturated carbocycles. The number of hydrogen-bond acceptors (Lipinski definition) is 14. The Labute approximate surface area is 363 Å². The first-order chi connectivity index (χ1) is 30.1. The highest BCUT2D eigenvalue weighted by Gasteiger charge is 2.47. The van der Waals surface area contributed by atoms with Gasteiger partial charge in [0, 0.05) is 31.0 Å². The Hall–Kier alpha value is -6.48. The Morgan fingerprint density at radius 3 is 1.29 bits per heavy atom. The molecule has 332 valence electrons. The van der Waals surface area contributed by atoms with E-state index in [1.807, 2.05) is 0 Å². The van der Waals surface area contributed by atoms with Crippen LogP contribution >= 0.6 is 0 Å². The molecule has 4 atom stereocenters. The molecule has 3 unspecified atom stereocenters. The molecule has 8 rings (SSSR count). The van der Waals surface area contributed by atoms with Gasteiger partial charge in [-0.3, -0.25) is 18.7 Å². The number of nitrogens with one attached hydrogen (secondary N) is 2. The van der Waals surface area contributed by atoms with Gasteiger partial charge in [-0.15, -0.1) is 0 Å². The summed E-state index contributed by atoms with van der Waals surface area (Å²) in [6, 6.07) is 18.0. The predicted molar refractivity (Wildman–Crippen MR) is 231 cm³/mol. The van der Waals surface area contributed by atoms with E-state index in [1.54, 1.807) is 75.2 Å². The van der Waals surface area contributed by atoms with Crippen LogP contribution < -0.4 is 39.1 Å². The second-order valence-electron chi connectivity index (χ2n) is 15.0. The Kier molecular flexibility index (Phi) is 11.7. The molecule has 0 spiro atoms. The molecule has 0 fully saturated rings. The van der Waals surface area contributed by atoms with E-state index in [1.165, 1.54) is 48.3 Å². The maximum atomic E-state index is 14.0. The third-order valence-electron chi connectivity index (χ3n) is 11.4. The van der Waals surface area contributed by atoms with Gasteiger partial charge in [0.2, 0.25) is 0 Å². The van der Waals surface area contributed by atoms with Crippen LogP contribution in [0.3, 0.4) is 0 Å². The number of hydrogen-bond donors (Lipinski definition) is 4. The van der Waals surface area contributed by atoms with Crippen molar-refractivity contribution in [1.29, 1.82) is 0 Å². The molecule has 0 saturated heterocycles. The topological polar surface area (TPSA) is 229 Å². The molecule has 20 heteroatoms. The zero-order chi connectivity index (χ0) is 44.8. The molecule has 0 bridgehead atoms. The molecule has 4 aliphatic rings. The van der Waals surface area contributed by atoms with Gasteiger partial charge in [0.05, 0.1) is 76.2 Å². The maximum Gasteiger partial charge on any atom is 0.288 e. The summed E-state index contributed by atoms with van der Waals surface area (Å²) in [6.07, 6.45) is 3.70. The number of carbonyl (C=O) groups excluding carboxylic acids is 2. The largest absolute Gasteiger partial charge is 0.497 e. The second-order valence-corrected chi connectivity index (χ2v) is 18.1. The zero-order valence-electron chi connectivity index (χ0n) is 34.4. The molecular formula is C43H44N4O14S2. The van der Waals surface area contributed by atoms with Crippen molar-refractivity contribution >= 4 is 54.6 Å². The van der Waals surface area contributed by atoms with Gasteiger partial charge in [-0.1, -0.05) is 24.3 Å². The van der Waals surface area contributed by atoms with Crippen LogP contribution in [0.1, 0.15) is 51.1 Å². The fraction of sp³-hybridized carbons (Fsp3) is 0.302. The lowest BCUT2D eigenvalue weighted by atomic mass is 10.0. The van der Waals surface area contributed by atoms with Crippen LogP contribution in [0, 0.1) is 0 Å². The minimum absolute atomic E-state index is 0.0435. The average molecular weight is 905 g/mol. The summed E-state index contributed by atoms with van der Waals surface area (Å²) in [5.41, 5.74) is 3.30. The van der Waals surface area contributed by atoms with E-state index >= 15 is 0 Å². The highest BCUT2D eigenvalue weighted by Crippen LogP contribution is 2.44. The molecular weight excluding hydrogens is 861 g/mol. The van der Waals surface area contributed by atoms with Gasteiger partial charge < -0.3 is 48.9 Å². The Morgan fingerprint density at radius 1 is 0.571 bits per heavy atom. The monoisotopic (exact) mass is 904 g/mol. The third-order valence-corrected chi connectivity index (χ3v) is 13.5.